The van der Waals surface area contributed by atoms with Crippen molar-refractivity contribution >= 4 is 22.8 Å². The van der Waals surface area contributed by atoms with Gasteiger partial charge in [-0.3, -0.25) is 4.79 Å². The van der Waals surface area contributed by atoms with Gasteiger partial charge in [0, 0.05) is 18.5 Å². The molecule has 0 bridgehead atoms. The lowest BCUT2D eigenvalue weighted by molar-refractivity contribution is 0.112. The summed E-state index contributed by atoms with van der Waals surface area (Å²) in [5, 5.41) is 0.996. The highest BCUT2D eigenvalue weighted by molar-refractivity contribution is 7.17. The van der Waals surface area contributed by atoms with Gasteiger partial charge in [-0.1, -0.05) is 51.9 Å². The molecule has 1 fully saturated rings. The van der Waals surface area contributed by atoms with Gasteiger partial charge in [0.15, 0.2) is 11.4 Å². The number of hydrogen-bond acceptors (Lipinski definition) is 4. The van der Waals surface area contributed by atoms with Crippen LogP contribution in [0.15, 0.2) is 0 Å². The summed E-state index contributed by atoms with van der Waals surface area (Å²) in [6.45, 7) is 8.67. The smallest absolute Gasteiger partial charge is 0.186 e. The quantitative estimate of drug-likeness (QED) is 0.781. The highest BCUT2D eigenvalue weighted by Crippen LogP contribution is 2.35. The number of rotatable bonds is 3. The molecule has 0 saturated heterocycles. The predicted octanol–water partition coefficient (Wildman–Crippen LogP) is 4.27. The zero-order chi connectivity index (χ0) is 14.9. The second kappa shape index (κ2) is 5.84. The van der Waals surface area contributed by atoms with Crippen LogP contribution in [0.4, 0.5) is 5.13 Å². The zero-order valence-corrected chi connectivity index (χ0v) is 14.1. The molecule has 0 aliphatic heterocycles. The Morgan fingerprint density at radius 3 is 2.55 bits per heavy atom. The summed E-state index contributed by atoms with van der Waals surface area (Å²) in [4.78, 5) is 19.1. The highest BCUT2D eigenvalue weighted by atomic mass is 32.1. The minimum atomic E-state index is -0.0777. The molecule has 0 amide bonds. The number of hydrogen-bond donors (Lipinski definition) is 0. The number of anilines is 1. The van der Waals surface area contributed by atoms with Crippen LogP contribution in [0.1, 0.15) is 68.7 Å². The van der Waals surface area contributed by atoms with Crippen LogP contribution in [-0.2, 0) is 5.41 Å². The second-order valence-electron chi connectivity index (χ2n) is 7.11. The summed E-state index contributed by atoms with van der Waals surface area (Å²) in [6.07, 6.45) is 6.07. The van der Waals surface area contributed by atoms with Gasteiger partial charge in [-0.2, -0.15) is 0 Å². The Kier molecular flexibility index (Phi) is 4.52. The summed E-state index contributed by atoms with van der Waals surface area (Å²) in [5.41, 5.74) is 0.856. The summed E-state index contributed by atoms with van der Waals surface area (Å²) >= 11 is 1.54. The molecular weight excluding hydrogens is 268 g/mol. The van der Waals surface area contributed by atoms with Gasteiger partial charge in [0.1, 0.15) is 0 Å². The normalized spacial score (nSPS) is 23.6. The van der Waals surface area contributed by atoms with Crippen LogP contribution in [-0.4, -0.2) is 24.4 Å². The molecule has 112 valence electrons. The van der Waals surface area contributed by atoms with Crippen molar-refractivity contribution in [3.05, 3.63) is 10.6 Å². The van der Waals surface area contributed by atoms with Crippen molar-refractivity contribution in [1.29, 1.82) is 0 Å². The molecule has 2 unspecified atom stereocenters. The summed E-state index contributed by atoms with van der Waals surface area (Å²) in [5.74, 6) is 0.795. The molecular formula is C16H26N2OS. The number of nitrogens with zero attached hydrogens (tertiary/aromatic N) is 2. The number of carbonyl (C=O) groups excluding carboxylic acids is 1. The van der Waals surface area contributed by atoms with Gasteiger partial charge in [-0.25, -0.2) is 4.98 Å². The third-order valence-electron chi connectivity index (χ3n) is 4.22. The van der Waals surface area contributed by atoms with Gasteiger partial charge in [-0.15, -0.1) is 0 Å². The van der Waals surface area contributed by atoms with Gasteiger partial charge >= 0.3 is 0 Å². The van der Waals surface area contributed by atoms with Crippen molar-refractivity contribution in [1.82, 2.24) is 4.98 Å². The van der Waals surface area contributed by atoms with Crippen molar-refractivity contribution in [2.75, 3.05) is 11.9 Å². The SMILES string of the molecule is CC1CCCC(N(C)c2nc(C(C)(C)C)c(C=O)s2)C1. The van der Waals surface area contributed by atoms with Gasteiger partial charge in [-0.05, 0) is 18.8 Å². The van der Waals surface area contributed by atoms with Crippen LogP contribution < -0.4 is 4.90 Å². The second-order valence-corrected chi connectivity index (χ2v) is 8.12. The van der Waals surface area contributed by atoms with Gasteiger partial charge < -0.3 is 4.90 Å². The van der Waals surface area contributed by atoms with E-state index >= 15 is 0 Å². The van der Waals surface area contributed by atoms with E-state index in [0.717, 1.165) is 27.9 Å². The van der Waals surface area contributed by atoms with E-state index < -0.39 is 0 Å². The van der Waals surface area contributed by atoms with Crippen LogP contribution in [0.5, 0.6) is 0 Å². The van der Waals surface area contributed by atoms with E-state index in [1.54, 1.807) is 0 Å². The first-order valence-corrected chi connectivity index (χ1v) is 8.34. The highest BCUT2D eigenvalue weighted by Gasteiger charge is 2.28. The Morgan fingerprint density at radius 1 is 1.35 bits per heavy atom. The van der Waals surface area contributed by atoms with Gasteiger partial charge in [0.25, 0.3) is 0 Å². The van der Waals surface area contributed by atoms with Crippen molar-refractivity contribution in [3.8, 4) is 0 Å². The Labute approximate surface area is 126 Å². The molecule has 3 nitrogen and oxygen atoms in total. The van der Waals surface area contributed by atoms with Crippen molar-refractivity contribution in [2.45, 2.75) is 64.8 Å². The number of carbonyl (C=O) groups is 1. The molecule has 0 N–H and O–H groups in total. The number of aldehydes is 1. The third-order valence-corrected chi connectivity index (χ3v) is 5.29. The molecule has 1 aromatic rings. The lowest BCUT2D eigenvalue weighted by atomic mass is 9.86. The predicted molar refractivity (Wildman–Crippen MR) is 86.0 cm³/mol. The molecule has 1 aliphatic carbocycles. The maximum Gasteiger partial charge on any atom is 0.186 e. The fourth-order valence-corrected chi connectivity index (χ4v) is 4.12. The van der Waals surface area contributed by atoms with E-state index in [-0.39, 0.29) is 5.41 Å². The molecule has 1 aromatic heterocycles. The van der Waals surface area contributed by atoms with Crippen LogP contribution in [0.3, 0.4) is 0 Å². The Morgan fingerprint density at radius 2 is 2.05 bits per heavy atom. The fourth-order valence-electron chi connectivity index (χ4n) is 3.00. The number of aromatic nitrogens is 1. The molecule has 1 heterocycles. The fraction of sp³-hybridized carbons (Fsp3) is 0.750. The van der Waals surface area contributed by atoms with E-state index in [0.29, 0.717) is 6.04 Å². The summed E-state index contributed by atoms with van der Waals surface area (Å²) in [7, 11) is 2.13. The third kappa shape index (κ3) is 3.22. The van der Waals surface area contributed by atoms with Crippen LogP contribution >= 0.6 is 11.3 Å². The minimum Gasteiger partial charge on any atom is -0.348 e. The Hall–Kier alpha value is -0.900. The van der Waals surface area contributed by atoms with E-state index in [1.165, 1.54) is 37.0 Å². The Bertz CT molecular complexity index is 475. The molecule has 2 rings (SSSR count). The molecule has 1 aliphatic rings. The van der Waals surface area contributed by atoms with Crippen LogP contribution in [0, 0.1) is 5.92 Å². The Balaban J connectivity index is 2.24. The van der Waals surface area contributed by atoms with Crippen LogP contribution in [0.25, 0.3) is 0 Å². The topological polar surface area (TPSA) is 33.2 Å². The van der Waals surface area contributed by atoms with E-state index in [2.05, 4.69) is 39.6 Å². The lowest BCUT2D eigenvalue weighted by Crippen LogP contribution is -2.35. The molecule has 0 spiro atoms. The first-order valence-electron chi connectivity index (χ1n) is 7.52. The summed E-state index contributed by atoms with van der Waals surface area (Å²) < 4.78 is 0. The standard InChI is InChI=1S/C16H26N2OS/c1-11-7-6-8-12(9-11)18(5)15-17-14(16(2,3)4)13(10-19)20-15/h10-12H,6-9H2,1-5H3. The van der Waals surface area contributed by atoms with Gasteiger partial charge in [0.05, 0.1) is 10.6 Å². The maximum absolute atomic E-state index is 11.3. The van der Waals surface area contributed by atoms with Crippen molar-refractivity contribution < 1.29 is 4.79 Å². The first-order chi connectivity index (χ1) is 9.32. The zero-order valence-electron chi connectivity index (χ0n) is 13.3. The van der Waals surface area contributed by atoms with E-state index in [4.69, 9.17) is 4.98 Å². The van der Waals surface area contributed by atoms with Crippen molar-refractivity contribution in [3.63, 3.8) is 0 Å². The molecule has 0 aromatic carbocycles. The van der Waals surface area contributed by atoms with Crippen molar-refractivity contribution in [2.24, 2.45) is 5.92 Å². The molecule has 4 heteroatoms. The van der Waals surface area contributed by atoms with Crippen LogP contribution in [0.2, 0.25) is 0 Å². The molecule has 20 heavy (non-hydrogen) atoms. The average Bonchev–Trinajstić information content (AvgIpc) is 2.82. The van der Waals surface area contributed by atoms with E-state index in [1.807, 2.05) is 0 Å². The molecule has 1 saturated carbocycles. The maximum atomic E-state index is 11.3. The summed E-state index contributed by atoms with van der Waals surface area (Å²) in [6, 6.07) is 0.567. The first kappa shape index (κ1) is 15.5. The lowest BCUT2D eigenvalue weighted by Gasteiger charge is -2.34. The monoisotopic (exact) mass is 294 g/mol. The van der Waals surface area contributed by atoms with E-state index in [9.17, 15) is 4.79 Å². The largest absolute Gasteiger partial charge is 0.348 e. The number of thiazole rings is 1. The molecule has 2 atom stereocenters. The van der Waals surface area contributed by atoms with Gasteiger partial charge in [0.2, 0.25) is 0 Å². The molecule has 0 radical (unpaired) electrons. The average molecular weight is 294 g/mol. The minimum absolute atomic E-state index is 0.0777.